The summed E-state index contributed by atoms with van der Waals surface area (Å²) in [5, 5.41) is 8.85. The zero-order valence-electron chi connectivity index (χ0n) is 11.4. The van der Waals surface area contributed by atoms with Gasteiger partial charge >= 0.3 is 0 Å². The molecule has 1 saturated carbocycles. The molecule has 1 aromatic rings. The molecule has 0 heterocycles. The summed E-state index contributed by atoms with van der Waals surface area (Å²) < 4.78 is 5.78. The van der Waals surface area contributed by atoms with Gasteiger partial charge in [-0.05, 0) is 30.5 Å². The van der Waals surface area contributed by atoms with Crippen LogP contribution in [0.3, 0.4) is 0 Å². The Kier molecular flexibility index (Phi) is 4.95. The molecule has 0 amide bonds. The second-order valence-electron chi connectivity index (χ2n) is 5.58. The highest BCUT2D eigenvalue weighted by atomic mass is 16.5. The minimum Gasteiger partial charge on any atom is -0.375 e. The van der Waals surface area contributed by atoms with Crippen LogP contribution in [-0.2, 0) is 11.3 Å². The number of ether oxygens (including phenoxy) is 1. The molecule has 1 aromatic carbocycles. The van der Waals surface area contributed by atoms with Crippen LogP contribution >= 0.6 is 0 Å². The summed E-state index contributed by atoms with van der Waals surface area (Å²) in [6, 6.07) is 9.69. The number of rotatable bonds is 4. The maximum Gasteiger partial charge on any atom is 0.0991 e. The van der Waals surface area contributed by atoms with Gasteiger partial charge in [0.1, 0.15) is 0 Å². The Morgan fingerprint density at radius 3 is 2.63 bits per heavy atom. The third-order valence-electron chi connectivity index (χ3n) is 3.81. The number of hydrogen-bond donors (Lipinski definition) is 1. The van der Waals surface area contributed by atoms with Crippen molar-refractivity contribution in [3.63, 3.8) is 0 Å². The topological polar surface area (TPSA) is 59.0 Å². The Balaban J connectivity index is 1.83. The molecule has 0 bridgehead atoms. The Bertz CT molecular complexity index is 442. The summed E-state index contributed by atoms with van der Waals surface area (Å²) >= 11 is 0. The fraction of sp³-hybridized carbons (Fsp3) is 0.562. The van der Waals surface area contributed by atoms with Crippen LogP contribution in [0.2, 0.25) is 0 Å². The van der Waals surface area contributed by atoms with Crippen molar-refractivity contribution in [3.05, 3.63) is 35.4 Å². The lowest BCUT2D eigenvalue weighted by Gasteiger charge is -2.27. The molecule has 0 saturated heterocycles. The Morgan fingerprint density at radius 2 is 1.95 bits per heavy atom. The molecule has 3 heteroatoms. The molecule has 2 N–H and O–H groups in total. The van der Waals surface area contributed by atoms with Crippen molar-refractivity contribution in [2.45, 2.75) is 50.7 Å². The number of nitrogens with two attached hydrogens (primary N) is 1. The molecule has 102 valence electrons. The van der Waals surface area contributed by atoms with E-state index in [1.54, 1.807) is 6.07 Å². The molecule has 0 atom stereocenters. The molecular formula is C16H22N2O. The quantitative estimate of drug-likeness (QED) is 0.844. The molecule has 2 rings (SSSR count). The third-order valence-corrected chi connectivity index (χ3v) is 3.81. The Hall–Kier alpha value is -1.37. The first kappa shape index (κ1) is 14.0. The van der Waals surface area contributed by atoms with Gasteiger partial charge in [-0.25, -0.2) is 0 Å². The van der Waals surface area contributed by atoms with Crippen LogP contribution in [0.25, 0.3) is 0 Å². The first-order valence-electron chi connectivity index (χ1n) is 7.08. The maximum atomic E-state index is 8.85. The molecular weight excluding hydrogens is 236 g/mol. The molecule has 3 nitrogen and oxygen atoms in total. The number of hydrogen-bond acceptors (Lipinski definition) is 3. The van der Waals surface area contributed by atoms with Crippen molar-refractivity contribution in [2.75, 3.05) is 6.61 Å². The molecule has 0 aliphatic heterocycles. The van der Waals surface area contributed by atoms with E-state index < -0.39 is 0 Å². The van der Waals surface area contributed by atoms with Gasteiger partial charge in [-0.15, -0.1) is 0 Å². The summed E-state index contributed by atoms with van der Waals surface area (Å²) in [7, 11) is 0. The second-order valence-corrected chi connectivity index (χ2v) is 5.58. The van der Waals surface area contributed by atoms with Gasteiger partial charge in [0.25, 0.3) is 0 Å². The van der Waals surface area contributed by atoms with Gasteiger partial charge in [0.2, 0.25) is 0 Å². The average molecular weight is 258 g/mol. The number of nitriles is 1. The predicted octanol–water partition coefficient (Wildman–Crippen LogP) is 3.13. The summed E-state index contributed by atoms with van der Waals surface area (Å²) in [6.45, 7) is 1.15. The van der Waals surface area contributed by atoms with E-state index in [1.165, 1.54) is 25.7 Å². The number of benzene rings is 1. The van der Waals surface area contributed by atoms with E-state index in [9.17, 15) is 0 Å². The summed E-state index contributed by atoms with van der Waals surface area (Å²) in [6.07, 6.45) is 7.14. The smallest absolute Gasteiger partial charge is 0.0991 e. The van der Waals surface area contributed by atoms with Crippen molar-refractivity contribution in [2.24, 2.45) is 5.73 Å². The zero-order chi connectivity index (χ0) is 13.6. The monoisotopic (exact) mass is 258 g/mol. The van der Waals surface area contributed by atoms with Crippen LogP contribution in [-0.4, -0.2) is 12.1 Å². The fourth-order valence-electron chi connectivity index (χ4n) is 2.68. The maximum absolute atomic E-state index is 8.85. The van der Waals surface area contributed by atoms with E-state index in [2.05, 4.69) is 6.07 Å². The van der Waals surface area contributed by atoms with Gasteiger partial charge in [0, 0.05) is 5.54 Å². The zero-order valence-corrected chi connectivity index (χ0v) is 11.4. The van der Waals surface area contributed by atoms with Gasteiger partial charge < -0.3 is 10.5 Å². The second kappa shape index (κ2) is 6.70. The van der Waals surface area contributed by atoms with Gasteiger partial charge in [0.05, 0.1) is 24.8 Å². The molecule has 0 radical (unpaired) electrons. The van der Waals surface area contributed by atoms with E-state index in [1.807, 2.05) is 18.2 Å². The van der Waals surface area contributed by atoms with E-state index >= 15 is 0 Å². The minimum absolute atomic E-state index is 0.149. The SMILES string of the molecule is N#Cc1cccc(COCC2(N)CCCCCC2)c1. The van der Waals surface area contributed by atoms with Gasteiger partial charge in [-0.3, -0.25) is 0 Å². The molecule has 0 aromatic heterocycles. The van der Waals surface area contributed by atoms with Crippen LogP contribution in [0.15, 0.2) is 24.3 Å². The molecule has 1 fully saturated rings. The van der Waals surface area contributed by atoms with Crippen molar-refractivity contribution in [1.82, 2.24) is 0 Å². The average Bonchev–Trinajstić information content (AvgIpc) is 2.64. The van der Waals surface area contributed by atoms with Gasteiger partial charge in [-0.1, -0.05) is 37.8 Å². The molecule has 1 aliphatic carbocycles. The molecule has 19 heavy (non-hydrogen) atoms. The van der Waals surface area contributed by atoms with Crippen LogP contribution < -0.4 is 5.73 Å². The molecule has 0 spiro atoms. The van der Waals surface area contributed by atoms with Crippen molar-refractivity contribution < 1.29 is 4.74 Å². The molecule has 0 unspecified atom stereocenters. The molecule has 1 aliphatic rings. The lowest BCUT2D eigenvalue weighted by Crippen LogP contribution is -2.43. The van der Waals surface area contributed by atoms with E-state index in [0.717, 1.165) is 18.4 Å². The summed E-state index contributed by atoms with van der Waals surface area (Å²) in [5.41, 5.74) is 7.97. The van der Waals surface area contributed by atoms with Crippen LogP contribution in [0.4, 0.5) is 0 Å². The van der Waals surface area contributed by atoms with Crippen LogP contribution in [0.1, 0.15) is 49.7 Å². The van der Waals surface area contributed by atoms with E-state index in [4.69, 9.17) is 15.7 Å². The predicted molar refractivity (Wildman–Crippen MR) is 75.4 cm³/mol. The first-order valence-corrected chi connectivity index (χ1v) is 7.08. The van der Waals surface area contributed by atoms with Gasteiger partial charge in [-0.2, -0.15) is 5.26 Å². The largest absolute Gasteiger partial charge is 0.375 e. The summed E-state index contributed by atoms with van der Waals surface area (Å²) in [5.74, 6) is 0. The number of nitrogens with zero attached hydrogens (tertiary/aromatic N) is 1. The summed E-state index contributed by atoms with van der Waals surface area (Å²) in [4.78, 5) is 0. The first-order chi connectivity index (χ1) is 9.22. The Morgan fingerprint density at radius 1 is 1.21 bits per heavy atom. The van der Waals surface area contributed by atoms with Crippen molar-refractivity contribution in [1.29, 1.82) is 5.26 Å². The van der Waals surface area contributed by atoms with E-state index in [-0.39, 0.29) is 5.54 Å². The van der Waals surface area contributed by atoms with E-state index in [0.29, 0.717) is 18.8 Å². The highest BCUT2D eigenvalue weighted by Gasteiger charge is 2.26. The Labute approximate surface area is 115 Å². The highest BCUT2D eigenvalue weighted by Crippen LogP contribution is 2.25. The van der Waals surface area contributed by atoms with Gasteiger partial charge in [0.15, 0.2) is 0 Å². The van der Waals surface area contributed by atoms with Crippen LogP contribution in [0, 0.1) is 11.3 Å². The lowest BCUT2D eigenvalue weighted by molar-refractivity contribution is 0.0667. The third kappa shape index (κ3) is 4.34. The highest BCUT2D eigenvalue weighted by molar-refractivity contribution is 5.32. The van der Waals surface area contributed by atoms with Crippen molar-refractivity contribution in [3.8, 4) is 6.07 Å². The minimum atomic E-state index is -0.149. The standard InChI is InChI=1S/C16H22N2O/c17-11-14-6-5-7-15(10-14)12-19-13-16(18)8-3-1-2-4-9-16/h5-7,10H,1-4,8-9,12-13,18H2. The normalized spacial score (nSPS) is 18.5. The van der Waals surface area contributed by atoms with Crippen molar-refractivity contribution >= 4 is 0 Å². The van der Waals surface area contributed by atoms with Crippen LogP contribution in [0.5, 0.6) is 0 Å². The lowest BCUT2D eigenvalue weighted by atomic mass is 9.92. The fourth-order valence-corrected chi connectivity index (χ4v) is 2.68.